The maximum absolute atomic E-state index is 13.7. The average molecular weight is 507 g/mol. The largest absolute Gasteiger partial charge is 0.416 e. The molecule has 198 valence electrons. The fourth-order valence-electron chi connectivity index (χ4n) is 5.11. The summed E-state index contributed by atoms with van der Waals surface area (Å²) >= 11 is 0. The first-order valence-electron chi connectivity index (χ1n) is 12.4. The molecule has 0 saturated heterocycles. The second-order valence-corrected chi connectivity index (χ2v) is 10.3. The molecule has 9 heteroatoms. The molecule has 3 rings (SSSR count). The van der Waals surface area contributed by atoms with Crippen LogP contribution in [0.4, 0.5) is 18.9 Å². The van der Waals surface area contributed by atoms with Gasteiger partial charge in [-0.15, -0.1) is 0 Å². The molecule has 1 aromatic heterocycles. The van der Waals surface area contributed by atoms with Crippen LogP contribution in [0.3, 0.4) is 0 Å². The van der Waals surface area contributed by atoms with E-state index in [9.17, 15) is 22.8 Å². The third kappa shape index (κ3) is 6.49. The molecule has 1 aliphatic rings. The number of aromatic nitrogens is 1. The number of nitrogens with one attached hydrogen (secondary N) is 3. The van der Waals surface area contributed by atoms with Crippen molar-refractivity contribution in [3.63, 3.8) is 0 Å². The molecular formula is C27H37F3N4O2. The van der Waals surface area contributed by atoms with Crippen LogP contribution in [-0.4, -0.2) is 42.0 Å². The molecule has 1 aliphatic carbocycles. The zero-order valence-electron chi connectivity index (χ0n) is 21.9. The van der Waals surface area contributed by atoms with Gasteiger partial charge in [0.25, 0.3) is 11.5 Å². The number of benzene rings is 1. The lowest BCUT2D eigenvalue weighted by Gasteiger charge is -2.36. The molecule has 0 radical (unpaired) electrons. The predicted octanol–water partition coefficient (Wildman–Crippen LogP) is 5.17. The maximum atomic E-state index is 13.7. The van der Waals surface area contributed by atoms with Crippen molar-refractivity contribution in [2.75, 3.05) is 19.4 Å². The van der Waals surface area contributed by atoms with E-state index in [-0.39, 0.29) is 23.7 Å². The highest BCUT2D eigenvalue weighted by molar-refractivity contribution is 5.97. The Morgan fingerprint density at radius 3 is 2.31 bits per heavy atom. The molecule has 1 heterocycles. The lowest BCUT2D eigenvalue weighted by Crippen LogP contribution is -2.37. The van der Waals surface area contributed by atoms with Crippen molar-refractivity contribution in [1.82, 2.24) is 15.2 Å². The Morgan fingerprint density at radius 1 is 1.11 bits per heavy atom. The van der Waals surface area contributed by atoms with Crippen molar-refractivity contribution in [3.8, 4) is 0 Å². The zero-order chi connectivity index (χ0) is 26.8. The minimum absolute atomic E-state index is 0.0417. The van der Waals surface area contributed by atoms with E-state index in [0.29, 0.717) is 40.0 Å². The Labute approximate surface area is 210 Å². The van der Waals surface area contributed by atoms with Gasteiger partial charge in [-0.1, -0.05) is 0 Å². The van der Waals surface area contributed by atoms with Gasteiger partial charge in [0.15, 0.2) is 0 Å². The van der Waals surface area contributed by atoms with Gasteiger partial charge in [-0.3, -0.25) is 9.59 Å². The minimum Gasteiger partial charge on any atom is -0.382 e. The van der Waals surface area contributed by atoms with Crippen LogP contribution in [0.15, 0.2) is 23.0 Å². The van der Waals surface area contributed by atoms with Crippen molar-refractivity contribution in [1.29, 1.82) is 0 Å². The second kappa shape index (κ2) is 11.1. The van der Waals surface area contributed by atoms with Crippen LogP contribution in [-0.2, 0) is 12.7 Å². The maximum Gasteiger partial charge on any atom is 0.416 e. The first kappa shape index (κ1) is 27.8. The molecule has 1 amide bonds. The third-order valence-electron chi connectivity index (χ3n) is 7.46. The number of amides is 1. The fourth-order valence-corrected chi connectivity index (χ4v) is 5.11. The van der Waals surface area contributed by atoms with Crippen LogP contribution in [0.2, 0.25) is 0 Å². The van der Waals surface area contributed by atoms with Gasteiger partial charge in [-0.2, -0.15) is 13.2 Å². The van der Waals surface area contributed by atoms with Gasteiger partial charge >= 0.3 is 6.18 Å². The number of nitrogens with zero attached hydrogens (tertiary/aromatic N) is 1. The number of carbonyl (C=O) groups is 1. The highest BCUT2D eigenvalue weighted by Crippen LogP contribution is 2.36. The van der Waals surface area contributed by atoms with Crippen LogP contribution in [0.5, 0.6) is 0 Å². The SMILES string of the molecule is Cc1cc(C)c(CNC(=O)c2cc(C(F)(F)F)cc(NC(C)[C@H]3CC[C@H](N(C)C)CC3)c2C)c(=O)[nH]1. The summed E-state index contributed by atoms with van der Waals surface area (Å²) in [5.74, 6) is -0.316. The summed E-state index contributed by atoms with van der Waals surface area (Å²) in [7, 11) is 4.14. The highest BCUT2D eigenvalue weighted by atomic mass is 19.4. The number of aryl methyl sites for hydroxylation is 2. The Hall–Kier alpha value is -2.81. The standard InChI is InChI=1S/C27H37F3N4O2/c1-15-11-16(2)32-26(36)23(15)14-31-25(35)22-12-20(27(28,29)30)13-24(17(22)3)33-18(4)19-7-9-21(10-8-19)34(5)6/h11-13,18-19,21,33H,7-10,14H2,1-6H3,(H,31,35)(H,32,36)/t18?,19-,21-. The van der Waals surface area contributed by atoms with Crippen molar-refractivity contribution >= 4 is 11.6 Å². The summed E-state index contributed by atoms with van der Waals surface area (Å²) in [6.07, 6.45) is -0.510. The summed E-state index contributed by atoms with van der Waals surface area (Å²) in [5, 5.41) is 5.92. The number of pyridine rings is 1. The van der Waals surface area contributed by atoms with Crippen LogP contribution < -0.4 is 16.2 Å². The second-order valence-electron chi connectivity index (χ2n) is 10.3. The van der Waals surface area contributed by atoms with E-state index in [1.165, 1.54) is 0 Å². The smallest absolute Gasteiger partial charge is 0.382 e. The van der Waals surface area contributed by atoms with E-state index in [1.54, 1.807) is 26.8 Å². The summed E-state index contributed by atoms with van der Waals surface area (Å²) in [6, 6.07) is 4.24. The van der Waals surface area contributed by atoms with Gasteiger partial charge in [-0.25, -0.2) is 0 Å². The molecule has 2 aromatic rings. The molecule has 1 aromatic carbocycles. The van der Waals surface area contributed by atoms with Crippen LogP contribution in [0.1, 0.15) is 70.9 Å². The average Bonchev–Trinajstić information content (AvgIpc) is 2.78. The summed E-state index contributed by atoms with van der Waals surface area (Å²) < 4.78 is 41.2. The van der Waals surface area contributed by atoms with Gasteiger partial charge in [-0.05, 0) is 103 Å². The Kier molecular flexibility index (Phi) is 8.54. The number of rotatable bonds is 7. The topological polar surface area (TPSA) is 77.2 Å². The van der Waals surface area contributed by atoms with Crippen molar-refractivity contribution < 1.29 is 18.0 Å². The van der Waals surface area contributed by atoms with Crippen molar-refractivity contribution in [2.45, 2.75) is 78.2 Å². The van der Waals surface area contributed by atoms with E-state index >= 15 is 0 Å². The van der Waals surface area contributed by atoms with Gasteiger partial charge < -0.3 is 20.5 Å². The van der Waals surface area contributed by atoms with Crippen LogP contribution in [0, 0.1) is 26.7 Å². The van der Waals surface area contributed by atoms with Crippen LogP contribution >= 0.6 is 0 Å². The lowest BCUT2D eigenvalue weighted by molar-refractivity contribution is -0.137. The van der Waals surface area contributed by atoms with E-state index in [4.69, 9.17) is 0 Å². The summed E-state index contributed by atoms with van der Waals surface area (Å²) in [4.78, 5) is 30.2. The van der Waals surface area contributed by atoms with E-state index in [1.807, 2.05) is 6.92 Å². The minimum atomic E-state index is -4.60. The molecule has 0 spiro atoms. The molecule has 0 aliphatic heterocycles. The molecule has 1 unspecified atom stereocenters. The third-order valence-corrected chi connectivity index (χ3v) is 7.46. The van der Waals surface area contributed by atoms with Gasteiger partial charge in [0.1, 0.15) is 0 Å². The molecule has 1 fully saturated rings. The normalized spacial score (nSPS) is 19.3. The van der Waals surface area contributed by atoms with E-state index in [2.05, 4.69) is 34.6 Å². The number of H-pyrrole nitrogens is 1. The lowest BCUT2D eigenvalue weighted by atomic mass is 9.81. The molecular weight excluding hydrogens is 469 g/mol. The van der Waals surface area contributed by atoms with Crippen molar-refractivity contribution in [2.24, 2.45) is 5.92 Å². The van der Waals surface area contributed by atoms with E-state index < -0.39 is 17.6 Å². The number of aromatic amines is 1. The summed E-state index contributed by atoms with van der Waals surface area (Å²) in [6.45, 7) is 7.08. The quantitative estimate of drug-likeness (QED) is 0.484. The number of carbonyl (C=O) groups excluding carboxylic acids is 1. The first-order valence-corrected chi connectivity index (χ1v) is 12.4. The number of anilines is 1. The fraction of sp³-hybridized carbons (Fsp3) is 0.556. The number of alkyl halides is 3. The van der Waals surface area contributed by atoms with Gasteiger partial charge in [0.2, 0.25) is 0 Å². The van der Waals surface area contributed by atoms with Crippen LogP contribution in [0.25, 0.3) is 0 Å². The number of hydrogen-bond donors (Lipinski definition) is 3. The molecule has 1 atom stereocenters. The van der Waals surface area contributed by atoms with Gasteiger partial charge in [0, 0.05) is 41.1 Å². The molecule has 1 saturated carbocycles. The molecule has 3 N–H and O–H groups in total. The number of halogens is 3. The zero-order valence-corrected chi connectivity index (χ0v) is 21.9. The van der Waals surface area contributed by atoms with Crippen molar-refractivity contribution in [3.05, 3.63) is 62.1 Å². The molecule has 6 nitrogen and oxygen atoms in total. The van der Waals surface area contributed by atoms with Gasteiger partial charge in [0.05, 0.1) is 5.56 Å². The Balaban J connectivity index is 1.83. The monoisotopic (exact) mass is 506 g/mol. The Bertz CT molecular complexity index is 1150. The summed E-state index contributed by atoms with van der Waals surface area (Å²) in [5.41, 5.74) is 1.27. The molecule has 36 heavy (non-hydrogen) atoms. The molecule has 0 bridgehead atoms. The Morgan fingerprint density at radius 2 is 1.75 bits per heavy atom. The number of hydrogen-bond acceptors (Lipinski definition) is 4. The first-order chi connectivity index (χ1) is 16.8. The predicted molar refractivity (Wildman–Crippen MR) is 136 cm³/mol. The van der Waals surface area contributed by atoms with E-state index in [0.717, 1.165) is 37.8 Å². The highest BCUT2D eigenvalue weighted by Gasteiger charge is 2.33.